The van der Waals surface area contributed by atoms with E-state index in [0.29, 0.717) is 28.1 Å². The van der Waals surface area contributed by atoms with Crippen LogP contribution in [0, 0.1) is 5.82 Å². The lowest BCUT2D eigenvalue weighted by atomic mass is 10.0. The highest BCUT2D eigenvalue weighted by Crippen LogP contribution is 2.13. The third-order valence-corrected chi connectivity index (χ3v) is 3.96. The zero-order valence-corrected chi connectivity index (χ0v) is 17.2. The Labute approximate surface area is 174 Å². The number of halogens is 1. The molecule has 2 aromatic carbocycles. The fourth-order valence-electron chi connectivity index (χ4n) is 2.57. The van der Waals surface area contributed by atoms with E-state index in [1.165, 1.54) is 33.4 Å². The van der Waals surface area contributed by atoms with Gasteiger partial charge in [0.2, 0.25) is 0 Å². The SMILES string of the molecule is CNC(=O)/C(=N/OC)c1ccccc1CO/N=C(C)/C(=N/OC)c1ccc(F)cc1. The van der Waals surface area contributed by atoms with Crippen LogP contribution in [0.5, 0.6) is 0 Å². The minimum absolute atomic E-state index is 0.0664. The predicted octanol–water partition coefficient (Wildman–Crippen LogP) is 2.87. The predicted molar refractivity (Wildman–Crippen MR) is 112 cm³/mol. The Morgan fingerprint density at radius 1 is 0.967 bits per heavy atom. The molecule has 1 N–H and O–H groups in total. The zero-order valence-electron chi connectivity index (χ0n) is 17.2. The van der Waals surface area contributed by atoms with Gasteiger partial charge in [0.25, 0.3) is 5.91 Å². The van der Waals surface area contributed by atoms with Crippen molar-refractivity contribution in [3.8, 4) is 0 Å². The van der Waals surface area contributed by atoms with E-state index in [1.54, 1.807) is 37.3 Å². The van der Waals surface area contributed by atoms with Crippen LogP contribution in [0.4, 0.5) is 4.39 Å². The van der Waals surface area contributed by atoms with Crippen molar-refractivity contribution in [1.82, 2.24) is 5.32 Å². The lowest BCUT2D eigenvalue weighted by molar-refractivity contribution is -0.114. The Morgan fingerprint density at radius 2 is 1.60 bits per heavy atom. The molecule has 0 bridgehead atoms. The van der Waals surface area contributed by atoms with Crippen molar-refractivity contribution in [2.24, 2.45) is 15.5 Å². The molecule has 158 valence electrons. The van der Waals surface area contributed by atoms with Gasteiger partial charge in [0.15, 0.2) is 5.71 Å². The molecule has 0 aliphatic rings. The van der Waals surface area contributed by atoms with Gasteiger partial charge in [0, 0.05) is 23.7 Å². The first-order valence-electron chi connectivity index (χ1n) is 8.97. The Bertz CT molecular complexity index is 956. The number of benzene rings is 2. The molecule has 0 unspecified atom stereocenters. The first kappa shape index (κ1) is 22.5. The molecule has 0 radical (unpaired) electrons. The summed E-state index contributed by atoms with van der Waals surface area (Å²) in [5.41, 5.74) is 2.80. The largest absolute Gasteiger partial charge is 0.399 e. The van der Waals surface area contributed by atoms with Gasteiger partial charge in [-0.3, -0.25) is 4.79 Å². The lowest BCUT2D eigenvalue weighted by Crippen LogP contribution is -2.29. The lowest BCUT2D eigenvalue weighted by Gasteiger charge is -2.10. The van der Waals surface area contributed by atoms with E-state index in [9.17, 15) is 9.18 Å². The van der Waals surface area contributed by atoms with Gasteiger partial charge in [-0.2, -0.15) is 0 Å². The minimum atomic E-state index is -0.394. The third kappa shape index (κ3) is 5.87. The fraction of sp³-hybridized carbons (Fsp3) is 0.238. The van der Waals surface area contributed by atoms with Gasteiger partial charge >= 0.3 is 0 Å². The molecular weight excluding hydrogens is 391 g/mol. The summed E-state index contributed by atoms with van der Waals surface area (Å²) in [5.74, 6) is -0.752. The summed E-state index contributed by atoms with van der Waals surface area (Å²) in [7, 11) is 4.28. The first-order valence-corrected chi connectivity index (χ1v) is 8.97. The Kier molecular flexibility index (Phi) is 8.49. The van der Waals surface area contributed by atoms with Crippen molar-refractivity contribution in [2.45, 2.75) is 13.5 Å². The highest BCUT2D eigenvalue weighted by Gasteiger charge is 2.17. The van der Waals surface area contributed by atoms with Crippen LogP contribution in [0.1, 0.15) is 23.6 Å². The van der Waals surface area contributed by atoms with E-state index in [2.05, 4.69) is 20.8 Å². The fourth-order valence-corrected chi connectivity index (χ4v) is 2.57. The maximum Gasteiger partial charge on any atom is 0.273 e. The van der Waals surface area contributed by atoms with Crippen LogP contribution >= 0.6 is 0 Å². The monoisotopic (exact) mass is 414 g/mol. The summed E-state index contributed by atoms with van der Waals surface area (Å²) in [4.78, 5) is 27.3. The molecule has 0 heterocycles. The zero-order chi connectivity index (χ0) is 21.9. The summed E-state index contributed by atoms with van der Waals surface area (Å²) in [6.45, 7) is 1.76. The van der Waals surface area contributed by atoms with E-state index in [1.807, 2.05) is 6.07 Å². The number of hydrogen-bond acceptors (Lipinski definition) is 7. The van der Waals surface area contributed by atoms with E-state index >= 15 is 0 Å². The number of carbonyl (C=O) groups is 1. The molecule has 0 aliphatic carbocycles. The molecule has 2 rings (SSSR count). The van der Waals surface area contributed by atoms with Gasteiger partial charge < -0.3 is 19.8 Å². The highest BCUT2D eigenvalue weighted by molar-refractivity contribution is 6.47. The van der Waals surface area contributed by atoms with Crippen LogP contribution in [0.2, 0.25) is 0 Å². The summed E-state index contributed by atoms with van der Waals surface area (Å²) in [6.07, 6.45) is 0. The third-order valence-electron chi connectivity index (χ3n) is 3.96. The maximum absolute atomic E-state index is 13.2. The second kappa shape index (κ2) is 11.3. The molecule has 0 spiro atoms. The van der Waals surface area contributed by atoms with Gasteiger partial charge in [-0.1, -0.05) is 39.7 Å². The molecule has 1 amide bonds. The second-order valence-corrected chi connectivity index (χ2v) is 5.94. The molecule has 0 aliphatic heterocycles. The normalized spacial score (nSPS) is 12.4. The number of nitrogens with one attached hydrogen (secondary N) is 1. The quantitative estimate of drug-likeness (QED) is 0.504. The standard InChI is InChI=1S/C21H23FN4O4/c1-14(19(25-28-3)15-9-11-17(22)12-10-15)24-30-13-16-7-5-6-8-18(16)20(26-29-4)21(27)23-2/h5-12H,13H2,1-4H3,(H,23,27)/b24-14+,25-19-,26-20+. The van der Waals surface area contributed by atoms with E-state index in [-0.39, 0.29) is 18.1 Å². The molecule has 0 saturated heterocycles. The van der Waals surface area contributed by atoms with Crippen LogP contribution in [-0.2, 0) is 25.9 Å². The average Bonchev–Trinajstić information content (AvgIpc) is 2.76. The van der Waals surface area contributed by atoms with Crippen LogP contribution in [0.25, 0.3) is 0 Å². The maximum atomic E-state index is 13.2. The second-order valence-electron chi connectivity index (χ2n) is 5.94. The van der Waals surface area contributed by atoms with Crippen molar-refractivity contribution in [3.05, 3.63) is 71.0 Å². The molecule has 0 aromatic heterocycles. The van der Waals surface area contributed by atoms with Gasteiger partial charge in [-0.05, 0) is 31.2 Å². The van der Waals surface area contributed by atoms with Crippen molar-refractivity contribution < 1.29 is 23.7 Å². The molecule has 0 saturated carbocycles. The summed E-state index contributed by atoms with van der Waals surface area (Å²) in [5, 5.41) is 14.4. The van der Waals surface area contributed by atoms with Crippen LogP contribution in [-0.4, -0.2) is 44.3 Å². The summed E-state index contributed by atoms with van der Waals surface area (Å²) >= 11 is 0. The van der Waals surface area contributed by atoms with Crippen molar-refractivity contribution in [1.29, 1.82) is 0 Å². The highest BCUT2D eigenvalue weighted by atomic mass is 19.1. The molecule has 30 heavy (non-hydrogen) atoms. The molecule has 0 atom stereocenters. The van der Waals surface area contributed by atoms with Crippen molar-refractivity contribution in [3.63, 3.8) is 0 Å². The van der Waals surface area contributed by atoms with Crippen molar-refractivity contribution in [2.75, 3.05) is 21.3 Å². The number of amides is 1. The summed E-state index contributed by atoms with van der Waals surface area (Å²) < 4.78 is 13.2. The number of carbonyl (C=O) groups excluding carboxylic acids is 1. The van der Waals surface area contributed by atoms with Gasteiger partial charge in [-0.25, -0.2) is 4.39 Å². The van der Waals surface area contributed by atoms with Gasteiger partial charge in [-0.15, -0.1) is 0 Å². The van der Waals surface area contributed by atoms with E-state index < -0.39 is 5.91 Å². The number of likely N-dealkylation sites (N-methyl/N-ethyl adjacent to an activating group) is 1. The minimum Gasteiger partial charge on any atom is -0.399 e. The van der Waals surface area contributed by atoms with E-state index in [4.69, 9.17) is 14.5 Å². The smallest absolute Gasteiger partial charge is 0.273 e. The Morgan fingerprint density at radius 3 is 2.23 bits per heavy atom. The van der Waals surface area contributed by atoms with Crippen LogP contribution in [0.3, 0.4) is 0 Å². The topological polar surface area (TPSA) is 93.9 Å². The number of oxime groups is 3. The molecule has 2 aromatic rings. The Balaban J connectivity index is 2.23. The number of nitrogens with zero attached hydrogens (tertiary/aromatic N) is 3. The van der Waals surface area contributed by atoms with Gasteiger partial charge in [0.1, 0.15) is 38.1 Å². The van der Waals surface area contributed by atoms with Crippen molar-refractivity contribution >= 4 is 23.0 Å². The van der Waals surface area contributed by atoms with Crippen LogP contribution in [0.15, 0.2) is 64.0 Å². The molecule has 8 nitrogen and oxygen atoms in total. The number of rotatable bonds is 9. The van der Waals surface area contributed by atoms with E-state index in [0.717, 1.165) is 0 Å². The molecule has 9 heteroatoms. The first-order chi connectivity index (χ1) is 14.5. The Hall–Kier alpha value is -3.75. The molecular formula is C21H23FN4O4. The average molecular weight is 414 g/mol. The van der Waals surface area contributed by atoms with Crippen LogP contribution < -0.4 is 5.32 Å². The summed E-state index contributed by atoms with van der Waals surface area (Å²) in [6, 6.07) is 12.9. The molecule has 0 fully saturated rings. The van der Waals surface area contributed by atoms with Gasteiger partial charge in [0.05, 0.1) is 0 Å². The number of hydrogen-bond donors (Lipinski definition) is 1.